The van der Waals surface area contributed by atoms with E-state index in [4.69, 9.17) is 4.74 Å². The van der Waals surface area contributed by atoms with Crippen LogP contribution in [0.5, 0.6) is 5.75 Å². The number of hydrogen-bond acceptors (Lipinski definition) is 2. The fraction of sp³-hybridized carbons (Fsp3) is 0.417. The average Bonchev–Trinajstić information content (AvgIpc) is 2.65. The molecule has 2 rings (SSSR count). The molecule has 15 heavy (non-hydrogen) atoms. The van der Waals surface area contributed by atoms with Gasteiger partial charge in [-0.05, 0) is 18.9 Å². The van der Waals surface area contributed by atoms with E-state index in [0.717, 1.165) is 17.0 Å². The highest BCUT2D eigenvalue weighted by atomic mass is 16.5. The molecule has 0 aliphatic carbocycles. The van der Waals surface area contributed by atoms with Crippen LogP contribution in [-0.2, 0) is 0 Å². The SMILES string of the molecule is COc1cc(C)n2nccc2c1C(C)C. The molecule has 0 aromatic carbocycles. The van der Waals surface area contributed by atoms with Gasteiger partial charge in [0.1, 0.15) is 5.75 Å². The highest BCUT2D eigenvalue weighted by Gasteiger charge is 2.14. The van der Waals surface area contributed by atoms with Gasteiger partial charge >= 0.3 is 0 Å². The molecule has 0 radical (unpaired) electrons. The summed E-state index contributed by atoms with van der Waals surface area (Å²) >= 11 is 0. The van der Waals surface area contributed by atoms with Crippen LogP contribution in [0.25, 0.3) is 5.52 Å². The summed E-state index contributed by atoms with van der Waals surface area (Å²) in [5.41, 5.74) is 3.46. The van der Waals surface area contributed by atoms with Crippen molar-refractivity contribution in [2.24, 2.45) is 0 Å². The van der Waals surface area contributed by atoms with Gasteiger partial charge in [0.05, 0.1) is 18.8 Å². The molecule has 0 N–H and O–H groups in total. The van der Waals surface area contributed by atoms with Gasteiger partial charge in [-0.3, -0.25) is 0 Å². The zero-order valence-corrected chi connectivity index (χ0v) is 9.61. The summed E-state index contributed by atoms with van der Waals surface area (Å²) < 4.78 is 7.38. The molecule has 2 aromatic heterocycles. The molecule has 0 fully saturated rings. The zero-order valence-electron chi connectivity index (χ0n) is 9.61. The first-order chi connectivity index (χ1) is 7.15. The van der Waals surface area contributed by atoms with Gasteiger partial charge in [0.2, 0.25) is 0 Å². The van der Waals surface area contributed by atoms with Gasteiger partial charge < -0.3 is 4.74 Å². The Morgan fingerprint density at radius 3 is 2.73 bits per heavy atom. The summed E-state index contributed by atoms with van der Waals surface area (Å²) in [6.45, 7) is 6.37. The fourth-order valence-corrected chi connectivity index (χ4v) is 1.99. The molecule has 0 atom stereocenters. The van der Waals surface area contributed by atoms with E-state index in [9.17, 15) is 0 Å². The van der Waals surface area contributed by atoms with Crippen molar-refractivity contribution in [3.63, 3.8) is 0 Å². The number of ether oxygens (including phenoxy) is 1. The minimum atomic E-state index is 0.430. The van der Waals surface area contributed by atoms with E-state index in [1.807, 2.05) is 29.8 Å². The Morgan fingerprint density at radius 2 is 2.13 bits per heavy atom. The number of aryl methyl sites for hydroxylation is 1. The summed E-state index contributed by atoms with van der Waals surface area (Å²) in [5, 5.41) is 4.30. The van der Waals surface area contributed by atoms with E-state index in [1.165, 1.54) is 5.56 Å². The molecule has 2 aromatic rings. The summed E-state index contributed by atoms with van der Waals surface area (Å²) in [6.07, 6.45) is 1.83. The Morgan fingerprint density at radius 1 is 1.40 bits per heavy atom. The van der Waals surface area contributed by atoms with Gasteiger partial charge in [-0.2, -0.15) is 5.10 Å². The molecular weight excluding hydrogens is 188 g/mol. The van der Waals surface area contributed by atoms with E-state index < -0.39 is 0 Å². The third-order valence-electron chi connectivity index (χ3n) is 2.66. The second kappa shape index (κ2) is 3.57. The average molecular weight is 204 g/mol. The standard InChI is InChI=1S/C12H16N2O/c1-8(2)12-10-5-6-13-14(10)9(3)7-11(12)15-4/h5-8H,1-4H3. The molecule has 0 saturated heterocycles. The largest absolute Gasteiger partial charge is 0.496 e. The van der Waals surface area contributed by atoms with E-state index in [-0.39, 0.29) is 0 Å². The van der Waals surface area contributed by atoms with Crippen LogP contribution in [0.2, 0.25) is 0 Å². The van der Waals surface area contributed by atoms with E-state index in [1.54, 1.807) is 7.11 Å². The zero-order chi connectivity index (χ0) is 11.0. The maximum absolute atomic E-state index is 5.42. The Labute approximate surface area is 89.7 Å². The lowest BCUT2D eigenvalue weighted by molar-refractivity contribution is 0.407. The molecule has 0 saturated carbocycles. The number of hydrogen-bond donors (Lipinski definition) is 0. The third kappa shape index (κ3) is 1.48. The van der Waals surface area contributed by atoms with Gasteiger partial charge in [0.15, 0.2) is 0 Å². The molecule has 0 spiro atoms. The Balaban J connectivity index is 2.83. The van der Waals surface area contributed by atoms with Crippen molar-refractivity contribution in [3.05, 3.63) is 29.6 Å². The van der Waals surface area contributed by atoms with Crippen molar-refractivity contribution in [3.8, 4) is 5.75 Å². The second-order valence-corrected chi connectivity index (χ2v) is 4.05. The normalized spacial score (nSPS) is 11.3. The Bertz CT molecular complexity index is 486. The van der Waals surface area contributed by atoms with Crippen LogP contribution < -0.4 is 4.74 Å². The predicted molar refractivity (Wildman–Crippen MR) is 60.6 cm³/mol. The fourth-order valence-electron chi connectivity index (χ4n) is 1.99. The van der Waals surface area contributed by atoms with Crippen molar-refractivity contribution >= 4 is 5.52 Å². The molecular formula is C12H16N2O. The quantitative estimate of drug-likeness (QED) is 0.752. The second-order valence-electron chi connectivity index (χ2n) is 4.05. The van der Waals surface area contributed by atoms with Crippen LogP contribution in [0.4, 0.5) is 0 Å². The van der Waals surface area contributed by atoms with Crippen LogP contribution in [0, 0.1) is 6.92 Å². The van der Waals surface area contributed by atoms with Crippen LogP contribution in [0.3, 0.4) is 0 Å². The molecule has 2 heterocycles. The molecule has 3 nitrogen and oxygen atoms in total. The summed E-state index contributed by atoms with van der Waals surface area (Å²) in [6, 6.07) is 4.07. The van der Waals surface area contributed by atoms with Crippen molar-refractivity contribution in [2.45, 2.75) is 26.7 Å². The molecule has 0 bridgehead atoms. The summed E-state index contributed by atoms with van der Waals surface area (Å²) in [4.78, 5) is 0. The molecule has 3 heteroatoms. The molecule has 80 valence electrons. The number of nitrogens with zero attached hydrogens (tertiary/aromatic N) is 2. The molecule has 0 unspecified atom stereocenters. The lowest BCUT2D eigenvalue weighted by Gasteiger charge is -2.14. The van der Waals surface area contributed by atoms with E-state index in [2.05, 4.69) is 18.9 Å². The first-order valence-corrected chi connectivity index (χ1v) is 5.16. The monoisotopic (exact) mass is 204 g/mol. The maximum atomic E-state index is 5.42. The predicted octanol–water partition coefficient (Wildman–Crippen LogP) is 2.77. The third-order valence-corrected chi connectivity index (χ3v) is 2.66. The number of rotatable bonds is 2. The van der Waals surface area contributed by atoms with Gasteiger partial charge in [-0.1, -0.05) is 13.8 Å². The number of methoxy groups -OCH3 is 1. The van der Waals surface area contributed by atoms with Gasteiger partial charge in [0, 0.05) is 17.3 Å². The van der Waals surface area contributed by atoms with Crippen molar-refractivity contribution in [2.75, 3.05) is 7.11 Å². The van der Waals surface area contributed by atoms with Crippen molar-refractivity contribution in [1.29, 1.82) is 0 Å². The first-order valence-electron chi connectivity index (χ1n) is 5.16. The maximum Gasteiger partial charge on any atom is 0.126 e. The van der Waals surface area contributed by atoms with Gasteiger partial charge in [0.25, 0.3) is 0 Å². The van der Waals surface area contributed by atoms with Crippen LogP contribution in [0.1, 0.15) is 31.0 Å². The minimum absolute atomic E-state index is 0.430. The summed E-state index contributed by atoms with van der Waals surface area (Å²) in [5.74, 6) is 1.38. The number of aromatic nitrogens is 2. The Hall–Kier alpha value is -1.51. The lowest BCUT2D eigenvalue weighted by Crippen LogP contribution is -2.02. The number of fused-ring (bicyclic) bond motifs is 1. The minimum Gasteiger partial charge on any atom is -0.496 e. The van der Waals surface area contributed by atoms with Crippen LogP contribution in [-0.4, -0.2) is 16.7 Å². The molecule has 0 aliphatic heterocycles. The van der Waals surface area contributed by atoms with Crippen molar-refractivity contribution < 1.29 is 4.74 Å². The van der Waals surface area contributed by atoms with E-state index >= 15 is 0 Å². The van der Waals surface area contributed by atoms with Gasteiger partial charge in [-0.25, -0.2) is 4.52 Å². The van der Waals surface area contributed by atoms with E-state index in [0.29, 0.717) is 5.92 Å². The van der Waals surface area contributed by atoms with Crippen LogP contribution in [0.15, 0.2) is 18.3 Å². The highest BCUT2D eigenvalue weighted by molar-refractivity contribution is 5.62. The number of pyridine rings is 1. The Kier molecular flexibility index (Phi) is 2.39. The topological polar surface area (TPSA) is 26.5 Å². The van der Waals surface area contributed by atoms with Crippen LogP contribution >= 0.6 is 0 Å². The molecule has 0 amide bonds. The first kappa shape index (κ1) is 10.0. The van der Waals surface area contributed by atoms with Crippen molar-refractivity contribution in [1.82, 2.24) is 9.61 Å². The smallest absolute Gasteiger partial charge is 0.126 e. The highest BCUT2D eigenvalue weighted by Crippen LogP contribution is 2.31. The lowest BCUT2D eigenvalue weighted by atomic mass is 10.0. The van der Waals surface area contributed by atoms with Gasteiger partial charge in [-0.15, -0.1) is 0 Å². The summed E-state index contributed by atoms with van der Waals surface area (Å²) in [7, 11) is 1.72. The molecule has 0 aliphatic rings.